The number of carbonyl (C=O) groups excluding carboxylic acids is 1. The Hall–Kier alpha value is -3.35. The third kappa shape index (κ3) is 4.61. The summed E-state index contributed by atoms with van der Waals surface area (Å²) in [7, 11) is 3.29. The molecule has 0 spiro atoms. The zero-order valence-corrected chi connectivity index (χ0v) is 19.1. The number of carbonyl (C=O) groups is 1. The number of methoxy groups -OCH3 is 2. The lowest BCUT2D eigenvalue weighted by atomic mass is 9.96. The maximum Gasteiger partial charge on any atom is 0.226 e. The molecule has 7 heteroatoms. The minimum absolute atomic E-state index is 0.0669. The lowest BCUT2D eigenvalue weighted by molar-refractivity contribution is -0.125. The van der Waals surface area contributed by atoms with E-state index in [9.17, 15) is 4.79 Å². The van der Waals surface area contributed by atoms with Gasteiger partial charge in [0.25, 0.3) is 0 Å². The summed E-state index contributed by atoms with van der Waals surface area (Å²) in [5.74, 6) is 2.21. The quantitative estimate of drug-likeness (QED) is 0.631. The van der Waals surface area contributed by atoms with Crippen LogP contribution in [0.4, 0.5) is 5.95 Å². The molecule has 4 rings (SSSR count). The molecule has 1 N–H and O–H groups in total. The molecule has 1 saturated heterocycles. The van der Waals surface area contributed by atoms with Crippen LogP contribution in [0, 0.1) is 12.8 Å². The third-order valence-corrected chi connectivity index (χ3v) is 6.13. The van der Waals surface area contributed by atoms with Crippen LogP contribution in [0.5, 0.6) is 11.5 Å². The molecule has 0 radical (unpaired) electrons. The number of ether oxygens (including phenoxy) is 2. The number of piperidine rings is 1. The Morgan fingerprint density at radius 1 is 1.09 bits per heavy atom. The second-order valence-corrected chi connectivity index (χ2v) is 8.28. The second kappa shape index (κ2) is 9.42. The summed E-state index contributed by atoms with van der Waals surface area (Å²) in [4.78, 5) is 24.7. The van der Waals surface area contributed by atoms with E-state index in [-0.39, 0.29) is 17.9 Å². The van der Waals surface area contributed by atoms with E-state index in [4.69, 9.17) is 19.4 Å². The molecule has 0 bridgehead atoms. The van der Waals surface area contributed by atoms with Crippen molar-refractivity contribution in [1.29, 1.82) is 0 Å². The fourth-order valence-corrected chi connectivity index (χ4v) is 4.20. The van der Waals surface area contributed by atoms with Crippen molar-refractivity contribution < 1.29 is 14.3 Å². The van der Waals surface area contributed by atoms with Gasteiger partial charge in [-0.2, -0.15) is 0 Å². The van der Waals surface area contributed by atoms with E-state index in [2.05, 4.69) is 10.2 Å². The molecular weight excluding hydrogens is 404 g/mol. The van der Waals surface area contributed by atoms with Crippen LogP contribution in [-0.2, 0) is 4.79 Å². The third-order valence-electron chi connectivity index (χ3n) is 6.13. The van der Waals surface area contributed by atoms with Gasteiger partial charge in [-0.25, -0.2) is 9.97 Å². The molecule has 2 aromatic carbocycles. The normalized spacial score (nSPS) is 17.1. The number of aromatic nitrogens is 2. The Labute approximate surface area is 188 Å². The summed E-state index contributed by atoms with van der Waals surface area (Å²) in [6, 6.07) is 13.6. The number of amides is 1. The summed E-state index contributed by atoms with van der Waals surface area (Å²) < 4.78 is 10.6. The first-order chi connectivity index (χ1) is 15.5. The lowest BCUT2D eigenvalue weighted by Gasteiger charge is -2.33. The largest absolute Gasteiger partial charge is 0.497 e. The number of nitrogens with zero attached hydrogens (tertiary/aromatic N) is 3. The van der Waals surface area contributed by atoms with E-state index in [1.165, 1.54) is 0 Å². The minimum Gasteiger partial charge on any atom is -0.497 e. The van der Waals surface area contributed by atoms with Gasteiger partial charge >= 0.3 is 0 Å². The van der Waals surface area contributed by atoms with Crippen LogP contribution in [0.15, 0.2) is 42.5 Å². The van der Waals surface area contributed by atoms with Crippen molar-refractivity contribution in [1.82, 2.24) is 15.3 Å². The zero-order valence-electron chi connectivity index (χ0n) is 19.1. The molecule has 1 aliphatic heterocycles. The van der Waals surface area contributed by atoms with Crippen molar-refractivity contribution in [2.45, 2.75) is 32.7 Å². The van der Waals surface area contributed by atoms with Gasteiger partial charge in [-0.15, -0.1) is 0 Å². The van der Waals surface area contributed by atoms with Gasteiger partial charge in [0, 0.05) is 24.5 Å². The number of rotatable bonds is 6. The van der Waals surface area contributed by atoms with E-state index < -0.39 is 0 Å². The predicted molar refractivity (Wildman–Crippen MR) is 125 cm³/mol. The van der Waals surface area contributed by atoms with Crippen LogP contribution < -0.4 is 19.7 Å². The summed E-state index contributed by atoms with van der Waals surface area (Å²) in [5, 5.41) is 4.18. The highest BCUT2D eigenvalue weighted by Crippen LogP contribution is 2.27. The minimum atomic E-state index is -0.102. The average Bonchev–Trinajstić information content (AvgIpc) is 2.83. The molecule has 7 nitrogen and oxygen atoms in total. The van der Waals surface area contributed by atoms with Crippen LogP contribution in [0.3, 0.4) is 0 Å². The molecule has 2 atom stereocenters. The molecule has 168 valence electrons. The molecule has 32 heavy (non-hydrogen) atoms. The van der Waals surface area contributed by atoms with E-state index >= 15 is 0 Å². The van der Waals surface area contributed by atoms with Gasteiger partial charge in [0.1, 0.15) is 11.5 Å². The summed E-state index contributed by atoms with van der Waals surface area (Å²) >= 11 is 0. The molecule has 0 saturated carbocycles. The smallest absolute Gasteiger partial charge is 0.226 e. The molecule has 1 amide bonds. The number of aryl methyl sites for hydroxylation is 1. The SMILES string of the molecule is COc1ccc([C@@H](C)NC(=O)C2CCCN(c3nc(C)c4ccc(OC)cc4n3)C2)cc1. The highest BCUT2D eigenvalue weighted by atomic mass is 16.5. The monoisotopic (exact) mass is 434 g/mol. The summed E-state index contributed by atoms with van der Waals surface area (Å²) in [6.45, 7) is 5.44. The highest BCUT2D eigenvalue weighted by Gasteiger charge is 2.28. The summed E-state index contributed by atoms with van der Waals surface area (Å²) in [5.41, 5.74) is 2.83. The molecule has 1 fully saturated rings. The maximum atomic E-state index is 13.0. The number of hydrogen-bond acceptors (Lipinski definition) is 6. The number of anilines is 1. The molecule has 3 aromatic rings. The van der Waals surface area contributed by atoms with Gasteiger partial charge < -0.3 is 19.7 Å². The van der Waals surface area contributed by atoms with Crippen molar-refractivity contribution in [2.24, 2.45) is 5.92 Å². The number of benzene rings is 2. The topological polar surface area (TPSA) is 76.6 Å². The standard InChI is InChI=1S/C25H30N4O3/c1-16(18-7-9-20(31-3)10-8-18)26-24(30)19-6-5-13-29(15-19)25-27-17(2)22-12-11-21(32-4)14-23(22)28-25/h7-12,14,16,19H,5-6,13,15H2,1-4H3,(H,26,30)/t16-,19?/m1/s1. The fraction of sp³-hybridized carbons (Fsp3) is 0.400. The lowest BCUT2D eigenvalue weighted by Crippen LogP contribution is -2.44. The van der Waals surface area contributed by atoms with E-state index in [1.807, 2.05) is 56.3 Å². The Bertz CT molecular complexity index is 1100. The van der Waals surface area contributed by atoms with Crippen molar-refractivity contribution in [3.63, 3.8) is 0 Å². The maximum absolute atomic E-state index is 13.0. The van der Waals surface area contributed by atoms with Gasteiger partial charge in [0.2, 0.25) is 11.9 Å². The molecular formula is C25H30N4O3. The van der Waals surface area contributed by atoms with Crippen LogP contribution in [0.2, 0.25) is 0 Å². The Morgan fingerprint density at radius 2 is 1.81 bits per heavy atom. The first kappa shape index (κ1) is 21.9. The van der Waals surface area contributed by atoms with E-state index in [1.54, 1.807) is 14.2 Å². The van der Waals surface area contributed by atoms with Gasteiger partial charge in [0.05, 0.1) is 37.4 Å². The van der Waals surface area contributed by atoms with Gasteiger partial charge in [-0.05, 0) is 56.5 Å². The Balaban J connectivity index is 1.47. The van der Waals surface area contributed by atoms with E-state index in [0.29, 0.717) is 12.5 Å². The van der Waals surface area contributed by atoms with Crippen LogP contribution in [0.1, 0.15) is 37.1 Å². The first-order valence-corrected chi connectivity index (χ1v) is 11.0. The van der Waals surface area contributed by atoms with Crippen LogP contribution in [-0.4, -0.2) is 43.2 Å². The number of nitrogens with one attached hydrogen (secondary N) is 1. The Kier molecular flexibility index (Phi) is 6.44. The van der Waals surface area contributed by atoms with Crippen LogP contribution in [0.25, 0.3) is 10.9 Å². The van der Waals surface area contributed by atoms with Gasteiger partial charge in [0.15, 0.2) is 0 Å². The van der Waals surface area contributed by atoms with Crippen molar-refractivity contribution in [3.05, 3.63) is 53.7 Å². The fourth-order valence-electron chi connectivity index (χ4n) is 4.20. The van der Waals surface area contributed by atoms with Gasteiger partial charge in [-0.1, -0.05) is 12.1 Å². The predicted octanol–water partition coefficient (Wildman–Crippen LogP) is 4.05. The zero-order chi connectivity index (χ0) is 22.7. The average molecular weight is 435 g/mol. The Morgan fingerprint density at radius 3 is 2.53 bits per heavy atom. The highest BCUT2D eigenvalue weighted by molar-refractivity contribution is 5.83. The number of fused-ring (bicyclic) bond motifs is 1. The first-order valence-electron chi connectivity index (χ1n) is 11.0. The summed E-state index contributed by atoms with van der Waals surface area (Å²) in [6.07, 6.45) is 1.78. The van der Waals surface area contributed by atoms with Gasteiger partial charge in [-0.3, -0.25) is 4.79 Å². The molecule has 1 unspecified atom stereocenters. The molecule has 1 aromatic heterocycles. The van der Waals surface area contributed by atoms with Crippen molar-refractivity contribution in [2.75, 3.05) is 32.2 Å². The molecule has 1 aliphatic rings. The van der Waals surface area contributed by atoms with E-state index in [0.717, 1.165) is 53.0 Å². The van der Waals surface area contributed by atoms with Crippen molar-refractivity contribution in [3.8, 4) is 11.5 Å². The van der Waals surface area contributed by atoms with Crippen LogP contribution >= 0.6 is 0 Å². The van der Waals surface area contributed by atoms with Crippen molar-refractivity contribution >= 4 is 22.8 Å². The number of hydrogen-bond donors (Lipinski definition) is 1. The second-order valence-electron chi connectivity index (χ2n) is 8.28. The molecule has 0 aliphatic carbocycles. The molecule has 2 heterocycles.